The minimum Gasteiger partial charge on any atom is -0.462 e. The first-order chi connectivity index (χ1) is 13.3. The number of ether oxygens (including phenoxy) is 2. The largest absolute Gasteiger partial charge is 0.462 e. The van der Waals surface area contributed by atoms with Crippen LogP contribution in [0.15, 0.2) is 11.8 Å². The van der Waals surface area contributed by atoms with E-state index in [1.165, 1.54) is 6.20 Å². The van der Waals surface area contributed by atoms with E-state index in [0.717, 1.165) is 0 Å². The van der Waals surface area contributed by atoms with Crippen molar-refractivity contribution in [2.75, 3.05) is 6.61 Å². The number of hydrogen-bond acceptors (Lipinski definition) is 6. The summed E-state index contributed by atoms with van der Waals surface area (Å²) in [6.07, 6.45) is -2.74. The molecule has 0 aromatic rings. The van der Waals surface area contributed by atoms with Crippen LogP contribution in [0.4, 0.5) is 8.78 Å². The van der Waals surface area contributed by atoms with Crippen molar-refractivity contribution in [2.24, 2.45) is 17.6 Å². The topological polar surface area (TPSA) is 98.9 Å². The van der Waals surface area contributed by atoms with Gasteiger partial charge in [0, 0.05) is 18.0 Å². The van der Waals surface area contributed by atoms with Gasteiger partial charge in [-0.2, -0.15) is 0 Å². The van der Waals surface area contributed by atoms with Crippen LogP contribution in [-0.2, 0) is 23.9 Å². The second-order valence-electron chi connectivity index (χ2n) is 7.99. The first-order valence-electron chi connectivity index (χ1n) is 9.77. The number of carbonyl (C=O) groups excluding carboxylic acids is 3. The monoisotopic (exact) mass is 398 g/mol. The molecule has 3 fully saturated rings. The lowest BCUT2D eigenvalue weighted by atomic mass is 9.70. The maximum atomic E-state index is 14.7. The van der Waals surface area contributed by atoms with E-state index >= 15 is 0 Å². The van der Waals surface area contributed by atoms with Crippen LogP contribution in [0.25, 0.3) is 0 Å². The molecule has 8 atom stereocenters. The number of hydrogen-bond donors (Lipinski definition) is 1. The number of ketones is 1. The molecule has 2 heterocycles. The zero-order valence-corrected chi connectivity index (χ0v) is 15.6. The van der Waals surface area contributed by atoms with Crippen LogP contribution >= 0.6 is 0 Å². The fourth-order valence-corrected chi connectivity index (χ4v) is 5.16. The Morgan fingerprint density at radius 3 is 2.75 bits per heavy atom. The van der Waals surface area contributed by atoms with Crippen LogP contribution in [0.3, 0.4) is 0 Å². The molecule has 9 heteroatoms. The van der Waals surface area contributed by atoms with Crippen molar-refractivity contribution in [3.05, 3.63) is 11.8 Å². The van der Waals surface area contributed by atoms with E-state index in [0.29, 0.717) is 19.3 Å². The molecule has 0 radical (unpaired) electrons. The van der Waals surface area contributed by atoms with E-state index in [2.05, 4.69) is 0 Å². The van der Waals surface area contributed by atoms with E-state index in [-0.39, 0.29) is 30.6 Å². The molecule has 154 valence electrons. The highest BCUT2D eigenvalue weighted by Gasteiger charge is 2.59. The summed E-state index contributed by atoms with van der Waals surface area (Å²) in [5, 5.41) is 0. The maximum absolute atomic E-state index is 14.7. The second-order valence-corrected chi connectivity index (χ2v) is 7.99. The van der Waals surface area contributed by atoms with Crippen LogP contribution in [0.1, 0.15) is 32.6 Å². The standard InChI is InChI=1S/C19H24F2N2O5/c1-2-27-19(26)10-7-23-12-5-8(18(22)25)3-4-13(12)28-17-14(21)11(20)6-9(15(17)23)16(10)24/h7-9,11-15,17H,2-6H2,1H3,(H2,22,25). The molecule has 7 nitrogen and oxygen atoms in total. The molecule has 0 bridgehead atoms. The Hall–Kier alpha value is -2.03. The highest BCUT2D eigenvalue weighted by atomic mass is 19.2. The molecule has 2 N–H and O–H groups in total. The molecule has 0 aromatic heterocycles. The molecule has 28 heavy (non-hydrogen) atoms. The third-order valence-electron chi connectivity index (χ3n) is 6.48. The molecular weight excluding hydrogens is 374 g/mol. The van der Waals surface area contributed by atoms with Gasteiger partial charge in [-0.3, -0.25) is 9.59 Å². The average Bonchev–Trinajstić information content (AvgIpc) is 2.67. The molecule has 8 unspecified atom stereocenters. The van der Waals surface area contributed by atoms with Crippen molar-refractivity contribution >= 4 is 17.7 Å². The van der Waals surface area contributed by atoms with Gasteiger partial charge in [0.05, 0.1) is 24.8 Å². The number of morpholine rings is 1. The minimum atomic E-state index is -1.84. The predicted octanol–water partition coefficient (Wildman–Crippen LogP) is 0.804. The number of nitrogens with two attached hydrogens (primary N) is 1. The molecule has 1 amide bonds. The van der Waals surface area contributed by atoms with Crippen molar-refractivity contribution in [3.8, 4) is 0 Å². The van der Waals surface area contributed by atoms with E-state index in [1.54, 1.807) is 11.8 Å². The van der Waals surface area contributed by atoms with Crippen molar-refractivity contribution in [1.82, 2.24) is 4.90 Å². The lowest BCUT2D eigenvalue weighted by Gasteiger charge is -2.58. The van der Waals surface area contributed by atoms with Gasteiger partial charge in [-0.05, 0) is 32.6 Å². The quantitative estimate of drug-likeness (QED) is 0.558. The number of fused-ring (bicyclic) bond motifs is 2. The number of alkyl halides is 2. The van der Waals surface area contributed by atoms with Gasteiger partial charge in [0.2, 0.25) is 5.91 Å². The van der Waals surface area contributed by atoms with Gasteiger partial charge in [-0.25, -0.2) is 13.6 Å². The SMILES string of the molecule is CCOC(=O)C1=CN2C3CC(C(N)=O)CCC3OC3C(F)C(F)CC(C1=O)C32. The lowest BCUT2D eigenvalue weighted by Crippen LogP contribution is -2.70. The number of rotatable bonds is 3. The second kappa shape index (κ2) is 7.09. The van der Waals surface area contributed by atoms with E-state index in [9.17, 15) is 23.2 Å². The van der Waals surface area contributed by atoms with Crippen LogP contribution in [0.5, 0.6) is 0 Å². The summed E-state index contributed by atoms with van der Waals surface area (Å²) in [6, 6.07) is -1.04. The number of amides is 1. The van der Waals surface area contributed by atoms with Crippen molar-refractivity contribution < 1.29 is 32.6 Å². The van der Waals surface area contributed by atoms with E-state index in [1.807, 2.05) is 0 Å². The Morgan fingerprint density at radius 1 is 1.32 bits per heavy atom. The van der Waals surface area contributed by atoms with Gasteiger partial charge in [-0.15, -0.1) is 0 Å². The molecule has 2 aliphatic heterocycles. The summed E-state index contributed by atoms with van der Waals surface area (Å²) in [5.41, 5.74) is 5.32. The Kier molecular flexibility index (Phi) is 4.89. The van der Waals surface area contributed by atoms with Gasteiger partial charge in [-0.1, -0.05) is 0 Å². The molecule has 2 saturated carbocycles. The predicted molar refractivity (Wildman–Crippen MR) is 92.2 cm³/mol. The van der Waals surface area contributed by atoms with Crippen molar-refractivity contribution in [1.29, 1.82) is 0 Å². The molecular formula is C19H24F2N2O5. The third kappa shape index (κ3) is 2.91. The summed E-state index contributed by atoms with van der Waals surface area (Å²) >= 11 is 0. The average molecular weight is 398 g/mol. The van der Waals surface area contributed by atoms with Gasteiger partial charge in [0.15, 0.2) is 12.0 Å². The number of Topliss-reactive ketones (excluding diaryl/α,β-unsaturated/α-hetero) is 1. The van der Waals surface area contributed by atoms with Crippen LogP contribution in [0.2, 0.25) is 0 Å². The first-order valence-corrected chi connectivity index (χ1v) is 9.77. The summed E-state index contributed by atoms with van der Waals surface area (Å²) in [4.78, 5) is 38.6. The smallest absolute Gasteiger partial charge is 0.343 e. The Balaban J connectivity index is 1.74. The van der Waals surface area contributed by atoms with Gasteiger partial charge < -0.3 is 20.1 Å². The third-order valence-corrected chi connectivity index (χ3v) is 6.48. The van der Waals surface area contributed by atoms with Gasteiger partial charge in [0.25, 0.3) is 0 Å². The molecule has 4 aliphatic rings. The summed E-state index contributed by atoms with van der Waals surface area (Å²) in [6.45, 7) is 1.72. The Morgan fingerprint density at radius 2 is 2.07 bits per heavy atom. The highest BCUT2D eigenvalue weighted by molar-refractivity contribution is 6.18. The highest BCUT2D eigenvalue weighted by Crippen LogP contribution is 2.47. The number of carbonyl (C=O) groups is 3. The molecule has 0 spiro atoms. The molecule has 1 saturated heterocycles. The zero-order valence-electron chi connectivity index (χ0n) is 15.6. The summed E-state index contributed by atoms with van der Waals surface area (Å²) < 4.78 is 39.9. The van der Waals surface area contributed by atoms with Crippen molar-refractivity contribution in [2.45, 2.75) is 69.2 Å². The maximum Gasteiger partial charge on any atom is 0.343 e. The fourth-order valence-electron chi connectivity index (χ4n) is 5.16. The zero-order chi connectivity index (χ0) is 20.2. The van der Waals surface area contributed by atoms with Gasteiger partial charge >= 0.3 is 5.97 Å². The van der Waals surface area contributed by atoms with Crippen LogP contribution in [0, 0.1) is 11.8 Å². The number of halogens is 2. The summed E-state index contributed by atoms with van der Waals surface area (Å²) in [5.74, 6) is -2.99. The molecule has 0 aromatic carbocycles. The summed E-state index contributed by atoms with van der Waals surface area (Å²) in [7, 11) is 0. The van der Waals surface area contributed by atoms with Crippen molar-refractivity contribution in [3.63, 3.8) is 0 Å². The fraction of sp³-hybridized carbons (Fsp3) is 0.737. The molecule has 2 aliphatic carbocycles. The van der Waals surface area contributed by atoms with Gasteiger partial charge in [0.1, 0.15) is 17.8 Å². The van der Waals surface area contributed by atoms with Crippen LogP contribution < -0.4 is 5.73 Å². The normalized spacial score (nSPS) is 42.2. The Labute approximate surface area is 161 Å². The minimum absolute atomic E-state index is 0.0946. The molecule has 4 rings (SSSR count). The lowest BCUT2D eigenvalue weighted by molar-refractivity contribution is -0.213. The number of nitrogens with zero attached hydrogens (tertiary/aromatic N) is 1. The number of esters is 1. The number of primary amides is 1. The first kappa shape index (κ1) is 19.3. The van der Waals surface area contributed by atoms with Crippen LogP contribution in [-0.4, -0.2) is 65.8 Å². The van der Waals surface area contributed by atoms with E-state index in [4.69, 9.17) is 15.2 Å². The Bertz CT molecular complexity index is 729. The van der Waals surface area contributed by atoms with E-state index < -0.39 is 54.2 Å².